The lowest BCUT2D eigenvalue weighted by Gasteiger charge is -2.26. The van der Waals surface area contributed by atoms with E-state index in [-0.39, 0.29) is 18.8 Å². The highest BCUT2D eigenvalue weighted by Crippen LogP contribution is 2.36. The lowest BCUT2D eigenvalue weighted by Crippen LogP contribution is -2.30. The molecule has 248 valence electrons. The van der Waals surface area contributed by atoms with Gasteiger partial charge < -0.3 is 19.1 Å². The summed E-state index contributed by atoms with van der Waals surface area (Å²) in [5.74, 6) is -0.607. The summed E-state index contributed by atoms with van der Waals surface area (Å²) in [4.78, 5) is 25.9. The highest BCUT2D eigenvalue weighted by molar-refractivity contribution is 5.87. The van der Waals surface area contributed by atoms with Gasteiger partial charge in [0.15, 0.2) is 6.10 Å². The van der Waals surface area contributed by atoms with Gasteiger partial charge in [0, 0.05) is 28.7 Å². The first-order chi connectivity index (χ1) is 23.8. The normalized spacial score (nSPS) is 11.2. The Balaban J connectivity index is 1.27. The predicted octanol–water partition coefficient (Wildman–Crippen LogP) is 9.51. The molecule has 5 rings (SSSR count). The Morgan fingerprint density at radius 2 is 1.20 bits per heavy atom. The maximum absolute atomic E-state index is 11.8. The van der Waals surface area contributed by atoms with Crippen molar-refractivity contribution in [1.29, 1.82) is 0 Å². The predicted molar refractivity (Wildman–Crippen MR) is 196 cm³/mol. The number of ether oxygens (including phenoxy) is 3. The summed E-state index contributed by atoms with van der Waals surface area (Å²) in [6.45, 7) is 10.5. The van der Waals surface area contributed by atoms with Crippen molar-refractivity contribution in [2.45, 2.75) is 32.8 Å². The van der Waals surface area contributed by atoms with Crippen molar-refractivity contribution in [1.82, 2.24) is 0 Å². The van der Waals surface area contributed by atoms with Crippen molar-refractivity contribution < 1.29 is 23.8 Å². The van der Waals surface area contributed by atoms with Crippen molar-refractivity contribution in [3.8, 4) is 16.9 Å². The number of carbonyl (C=O) groups excluding carboxylic acids is 2. The van der Waals surface area contributed by atoms with Crippen LogP contribution in [0.1, 0.15) is 23.6 Å². The smallest absolute Gasteiger partial charge is 0.333 e. The van der Waals surface area contributed by atoms with Crippen molar-refractivity contribution in [3.63, 3.8) is 0 Å². The van der Waals surface area contributed by atoms with Gasteiger partial charge >= 0.3 is 11.9 Å². The molecule has 0 aromatic heterocycles. The van der Waals surface area contributed by atoms with Crippen LogP contribution in [0.2, 0.25) is 0 Å². The third-order valence-corrected chi connectivity index (χ3v) is 7.98. The fraction of sp³-hybridized carbons (Fsp3) is 0.163. The van der Waals surface area contributed by atoms with Crippen LogP contribution in [0.3, 0.4) is 0 Å². The Hall–Kier alpha value is -5.88. The molecule has 0 N–H and O–H groups in total. The van der Waals surface area contributed by atoms with Gasteiger partial charge in [0.1, 0.15) is 19.0 Å². The number of aryl methyl sites for hydroxylation is 3. The van der Waals surface area contributed by atoms with E-state index in [1.54, 1.807) is 6.92 Å². The molecule has 0 saturated carbocycles. The zero-order valence-corrected chi connectivity index (χ0v) is 28.0. The molecule has 49 heavy (non-hydrogen) atoms. The second-order valence-electron chi connectivity index (χ2n) is 11.8. The van der Waals surface area contributed by atoms with E-state index >= 15 is 0 Å². The van der Waals surface area contributed by atoms with Gasteiger partial charge in [-0.3, -0.25) is 0 Å². The Bertz CT molecular complexity index is 1850. The molecule has 1 atom stereocenters. The van der Waals surface area contributed by atoms with E-state index in [1.165, 1.54) is 16.7 Å². The number of hydrogen-bond donors (Lipinski definition) is 0. The molecule has 1 unspecified atom stereocenters. The van der Waals surface area contributed by atoms with E-state index in [1.807, 2.05) is 24.3 Å². The average Bonchev–Trinajstić information content (AvgIpc) is 3.14. The molecule has 5 aromatic carbocycles. The quantitative estimate of drug-likeness (QED) is 0.0830. The maximum atomic E-state index is 11.8. The summed E-state index contributed by atoms with van der Waals surface area (Å²) in [6.07, 6.45) is 2.25. The Morgan fingerprint density at radius 3 is 1.76 bits per heavy atom. The second kappa shape index (κ2) is 16.8. The maximum Gasteiger partial charge on any atom is 0.333 e. The van der Waals surface area contributed by atoms with Crippen LogP contribution in [-0.4, -0.2) is 31.3 Å². The number of carbonyl (C=O) groups is 2. The number of benzene rings is 5. The van der Waals surface area contributed by atoms with Gasteiger partial charge in [-0.15, -0.1) is 0 Å². The number of rotatable bonds is 15. The van der Waals surface area contributed by atoms with Gasteiger partial charge in [0.05, 0.1) is 0 Å². The molecular formula is C43H41NO5. The molecule has 0 bridgehead atoms. The minimum atomic E-state index is -0.803. The molecule has 0 radical (unpaired) electrons. The van der Waals surface area contributed by atoms with Crippen LogP contribution in [0.15, 0.2) is 152 Å². The van der Waals surface area contributed by atoms with Gasteiger partial charge in [-0.2, -0.15) is 0 Å². The van der Waals surface area contributed by atoms with Crippen LogP contribution in [0.4, 0.5) is 17.1 Å². The Labute approximate surface area is 288 Å². The van der Waals surface area contributed by atoms with Gasteiger partial charge in [0.2, 0.25) is 0 Å². The SMILES string of the molecule is C=CC(=O)OC(COC(=O)C(=C)C)COc1ccc(-c2ccc(N(c3ccc(C)cc3)c3ccc(CCc4ccccc4)cc3)cc2)cc1. The molecular weight excluding hydrogens is 610 g/mol. The number of anilines is 3. The van der Waals surface area contributed by atoms with Crippen molar-refractivity contribution in [2.75, 3.05) is 18.1 Å². The monoisotopic (exact) mass is 651 g/mol. The van der Waals surface area contributed by atoms with E-state index < -0.39 is 18.0 Å². The first-order valence-electron chi connectivity index (χ1n) is 16.3. The molecule has 5 aromatic rings. The zero-order valence-electron chi connectivity index (χ0n) is 28.0. The fourth-order valence-electron chi connectivity index (χ4n) is 5.24. The first kappa shape index (κ1) is 34.5. The minimum absolute atomic E-state index is 0.0000545. The summed E-state index contributed by atoms with van der Waals surface area (Å²) in [5, 5.41) is 0. The molecule has 0 spiro atoms. The van der Waals surface area contributed by atoms with E-state index in [9.17, 15) is 9.59 Å². The number of esters is 2. The highest BCUT2D eigenvalue weighted by Gasteiger charge is 2.18. The molecule has 6 nitrogen and oxygen atoms in total. The molecule has 0 saturated heterocycles. The van der Waals surface area contributed by atoms with Crippen molar-refractivity contribution in [2.24, 2.45) is 0 Å². The average molecular weight is 652 g/mol. The van der Waals surface area contributed by atoms with Crippen LogP contribution in [-0.2, 0) is 31.9 Å². The summed E-state index contributed by atoms with van der Waals surface area (Å²) in [6, 6.07) is 44.1. The Kier molecular flexibility index (Phi) is 11.8. The first-order valence-corrected chi connectivity index (χ1v) is 16.3. The van der Waals surface area contributed by atoms with Crippen LogP contribution < -0.4 is 9.64 Å². The molecule has 0 aliphatic rings. The van der Waals surface area contributed by atoms with Crippen LogP contribution >= 0.6 is 0 Å². The lowest BCUT2D eigenvalue weighted by atomic mass is 10.0. The number of hydrogen-bond acceptors (Lipinski definition) is 6. The van der Waals surface area contributed by atoms with Crippen LogP contribution in [0.25, 0.3) is 11.1 Å². The molecule has 6 heteroatoms. The Morgan fingerprint density at radius 1 is 0.694 bits per heavy atom. The minimum Gasteiger partial charge on any atom is -0.490 e. The van der Waals surface area contributed by atoms with E-state index in [0.29, 0.717) is 5.75 Å². The fourth-order valence-corrected chi connectivity index (χ4v) is 5.24. The van der Waals surface area contributed by atoms with Crippen molar-refractivity contribution >= 4 is 29.0 Å². The largest absolute Gasteiger partial charge is 0.490 e. The second-order valence-corrected chi connectivity index (χ2v) is 11.8. The third-order valence-electron chi connectivity index (χ3n) is 7.98. The zero-order chi connectivity index (χ0) is 34.6. The summed E-state index contributed by atoms with van der Waals surface area (Å²) >= 11 is 0. The number of nitrogens with zero attached hydrogens (tertiary/aromatic N) is 1. The van der Waals surface area contributed by atoms with E-state index in [2.05, 4.69) is 128 Å². The highest BCUT2D eigenvalue weighted by atomic mass is 16.6. The third kappa shape index (κ3) is 9.81. The summed E-state index contributed by atoms with van der Waals surface area (Å²) in [7, 11) is 0. The lowest BCUT2D eigenvalue weighted by molar-refractivity contribution is -0.154. The van der Waals surface area contributed by atoms with E-state index in [0.717, 1.165) is 47.1 Å². The summed E-state index contributed by atoms with van der Waals surface area (Å²) in [5.41, 5.74) is 9.42. The molecule has 0 heterocycles. The molecule has 0 aliphatic heterocycles. The standard InChI is InChI=1S/C43H41NO5/c1-5-42(45)49-41(30-48-43(46)31(2)3)29-47-40-27-19-36(20-28-40)35-17-25-39(26-18-35)44(37-21-11-32(4)12-22-37)38-23-15-34(16-24-38)14-13-33-9-7-6-8-10-33/h5-12,15-28,41H,1-2,13-14,29-30H2,3-4H3. The summed E-state index contributed by atoms with van der Waals surface area (Å²) < 4.78 is 16.3. The van der Waals surface area contributed by atoms with E-state index in [4.69, 9.17) is 14.2 Å². The van der Waals surface area contributed by atoms with Crippen LogP contribution in [0.5, 0.6) is 5.75 Å². The van der Waals surface area contributed by atoms with Crippen LogP contribution in [0, 0.1) is 6.92 Å². The van der Waals surface area contributed by atoms with Gasteiger partial charge in [0.25, 0.3) is 0 Å². The molecule has 0 amide bonds. The van der Waals surface area contributed by atoms with Crippen molar-refractivity contribution in [3.05, 3.63) is 169 Å². The topological polar surface area (TPSA) is 65.1 Å². The molecule has 0 aliphatic carbocycles. The molecule has 0 fully saturated rings. The van der Waals surface area contributed by atoms with Gasteiger partial charge in [-0.1, -0.05) is 97.6 Å². The van der Waals surface area contributed by atoms with Gasteiger partial charge in [-0.25, -0.2) is 9.59 Å². The van der Waals surface area contributed by atoms with Gasteiger partial charge in [-0.05, 0) is 97.5 Å².